The number of aliphatic hydroxyl groups is 1. The molecule has 0 heterocycles. The van der Waals surface area contributed by atoms with E-state index in [2.05, 4.69) is 10.5 Å². The van der Waals surface area contributed by atoms with Crippen LogP contribution < -0.4 is 5.43 Å². The molecular weight excluding hydrogens is 312 g/mol. The number of nitrogens with one attached hydrogen (secondary N) is 1. The molecule has 0 radical (unpaired) electrons. The van der Waals surface area contributed by atoms with Gasteiger partial charge in [-0.2, -0.15) is 5.10 Å². The Kier molecular flexibility index (Phi) is 5.02. The molecule has 0 bridgehead atoms. The minimum atomic E-state index is -1.82. The predicted molar refractivity (Wildman–Crippen MR) is 98.1 cm³/mol. The van der Waals surface area contributed by atoms with Crippen molar-refractivity contribution in [2.24, 2.45) is 5.10 Å². The Morgan fingerprint density at radius 3 is 1.72 bits per heavy atom. The Hall–Kier alpha value is -3.24. The van der Waals surface area contributed by atoms with Gasteiger partial charge in [0, 0.05) is 0 Å². The van der Waals surface area contributed by atoms with Crippen LogP contribution in [-0.4, -0.2) is 17.2 Å². The van der Waals surface area contributed by atoms with Crippen molar-refractivity contribution >= 4 is 12.1 Å². The van der Waals surface area contributed by atoms with E-state index in [0.717, 1.165) is 5.56 Å². The molecule has 0 spiro atoms. The van der Waals surface area contributed by atoms with Crippen molar-refractivity contribution in [3.05, 3.63) is 108 Å². The van der Waals surface area contributed by atoms with Gasteiger partial charge in [-0.3, -0.25) is 4.79 Å². The van der Waals surface area contributed by atoms with Gasteiger partial charge < -0.3 is 5.11 Å². The van der Waals surface area contributed by atoms with Crippen LogP contribution in [-0.2, 0) is 10.4 Å². The van der Waals surface area contributed by atoms with Gasteiger partial charge in [0.25, 0.3) is 5.91 Å². The van der Waals surface area contributed by atoms with Crippen molar-refractivity contribution < 1.29 is 9.90 Å². The molecule has 4 heteroatoms. The van der Waals surface area contributed by atoms with Crippen LogP contribution in [0.15, 0.2) is 96.1 Å². The highest BCUT2D eigenvalue weighted by molar-refractivity contribution is 5.91. The average molecular weight is 330 g/mol. The molecule has 1 amide bonds. The molecule has 0 aromatic heterocycles. The summed E-state index contributed by atoms with van der Waals surface area (Å²) in [6.45, 7) is 0. The Balaban J connectivity index is 1.90. The summed E-state index contributed by atoms with van der Waals surface area (Å²) < 4.78 is 0. The van der Waals surface area contributed by atoms with Gasteiger partial charge >= 0.3 is 0 Å². The van der Waals surface area contributed by atoms with Gasteiger partial charge in [-0.05, 0) is 16.7 Å². The molecular formula is C21H18N2O2. The fourth-order valence-electron chi connectivity index (χ4n) is 2.57. The highest BCUT2D eigenvalue weighted by Crippen LogP contribution is 2.29. The number of hydrogen-bond acceptors (Lipinski definition) is 3. The summed E-state index contributed by atoms with van der Waals surface area (Å²) in [4.78, 5) is 12.8. The molecule has 0 saturated carbocycles. The highest BCUT2D eigenvalue weighted by atomic mass is 16.3. The van der Waals surface area contributed by atoms with Crippen molar-refractivity contribution in [1.29, 1.82) is 0 Å². The summed E-state index contributed by atoms with van der Waals surface area (Å²) in [7, 11) is 0. The molecule has 124 valence electrons. The Bertz CT molecular complexity index is 807. The first-order valence-corrected chi connectivity index (χ1v) is 7.93. The molecule has 0 unspecified atom stereocenters. The molecule has 3 aromatic rings. The lowest BCUT2D eigenvalue weighted by Gasteiger charge is -2.27. The van der Waals surface area contributed by atoms with Crippen LogP contribution in [0.3, 0.4) is 0 Å². The summed E-state index contributed by atoms with van der Waals surface area (Å²) in [6, 6.07) is 27.1. The van der Waals surface area contributed by atoms with Gasteiger partial charge in [0.15, 0.2) is 5.60 Å². The van der Waals surface area contributed by atoms with Gasteiger partial charge in [-0.25, -0.2) is 5.43 Å². The number of rotatable bonds is 5. The van der Waals surface area contributed by atoms with Crippen molar-refractivity contribution in [1.82, 2.24) is 5.43 Å². The normalized spacial score (nSPS) is 11.4. The van der Waals surface area contributed by atoms with E-state index in [1.807, 2.05) is 42.5 Å². The van der Waals surface area contributed by atoms with Crippen LogP contribution in [0.5, 0.6) is 0 Å². The fourth-order valence-corrected chi connectivity index (χ4v) is 2.57. The smallest absolute Gasteiger partial charge is 0.281 e. The van der Waals surface area contributed by atoms with E-state index in [0.29, 0.717) is 11.1 Å². The zero-order chi connectivity index (χ0) is 17.5. The standard InChI is InChI=1S/C21H18N2O2/c24-20(23-22-16-17-10-4-1-5-11-17)21(25,18-12-6-2-7-13-18)19-14-8-3-9-15-19/h1-16,25H,(H,23,24)/b22-16+. The van der Waals surface area contributed by atoms with Gasteiger partial charge in [-0.1, -0.05) is 91.0 Å². The van der Waals surface area contributed by atoms with Gasteiger partial charge in [0.2, 0.25) is 0 Å². The lowest BCUT2D eigenvalue weighted by atomic mass is 9.85. The monoisotopic (exact) mass is 330 g/mol. The largest absolute Gasteiger partial charge is 0.372 e. The third kappa shape index (κ3) is 3.65. The first-order chi connectivity index (χ1) is 12.2. The maximum absolute atomic E-state index is 12.8. The van der Waals surface area contributed by atoms with E-state index in [1.165, 1.54) is 6.21 Å². The first-order valence-electron chi connectivity index (χ1n) is 7.93. The Morgan fingerprint density at radius 2 is 1.24 bits per heavy atom. The van der Waals surface area contributed by atoms with Crippen molar-refractivity contribution in [3.8, 4) is 0 Å². The average Bonchev–Trinajstić information content (AvgIpc) is 2.69. The first kappa shape index (κ1) is 16.6. The highest BCUT2D eigenvalue weighted by Gasteiger charge is 2.39. The van der Waals surface area contributed by atoms with Crippen LogP contribution >= 0.6 is 0 Å². The minimum Gasteiger partial charge on any atom is -0.372 e. The lowest BCUT2D eigenvalue weighted by molar-refractivity contribution is -0.136. The number of carbonyl (C=O) groups excluding carboxylic acids is 1. The van der Waals surface area contributed by atoms with Crippen LogP contribution in [0.2, 0.25) is 0 Å². The third-order valence-corrected chi connectivity index (χ3v) is 3.89. The maximum Gasteiger partial charge on any atom is 0.281 e. The number of benzene rings is 3. The third-order valence-electron chi connectivity index (χ3n) is 3.89. The summed E-state index contributed by atoms with van der Waals surface area (Å²) in [5.74, 6) is -0.614. The fraction of sp³-hybridized carbons (Fsp3) is 0.0476. The molecule has 0 atom stereocenters. The summed E-state index contributed by atoms with van der Waals surface area (Å²) in [5.41, 5.74) is 2.44. The van der Waals surface area contributed by atoms with Gasteiger partial charge in [-0.15, -0.1) is 0 Å². The quantitative estimate of drug-likeness (QED) is 0.558. The van der Waals surface area contributed by atoms with Crippen LogP contribution in [0, 0.1) is 0 Å². The van der Waals surface area contributed by atoms with Crippen molar-refractivity contribution in [2.75, 3.05) is 0 Å². The zero-order valence-electron chi connectivity index (χ0n) is 13.5. The summed E-state index contributed by atoms with van der Waals surface area (Å²) in [6.07, 6.45) is 1.54. The van der Waals surface area contributed by atoms with E-state index in [9.17, 15) is 9.90 Å². The SMILES string of the molecule is O=C(N/N=C/c1ccccc1)C(O)(c1ccccc1)c1ccccc1. The van der Waals surface area contributed by atoms with Crippen LogP contribution in [0.1, 0.15) is 16.7 Å². The molecule has 0 aliphatic rings. The Labute approximate surface area is 146 Å². The molecule has 4 nitrogen and oxygen atoms in total. The molecule has 3 aromatic carbocycles. The van der Waals surface area contributed by atoms with E-state index in [4.69, 9.17) is 0 Å². The van der Waals surface area contributed by atoms with E-state index in [1.54, 1.807) is 48.5 Å². The second kappa shape index (κ2) is 7.55. The van der Waals surface area contributed by atoms with E-state index >= 15 is 0 Å². The number of hydrogen-bond donors (Lipinski definition) is 2. The maximum atomic E-state index is 12.8. The number of carbonyl (C=O) groups is 1. The molecule has 3 rings (SSSR count). The van der Waals surface area contributed by atoms with Crippen LogP contribution in [0.4, 0.5) is 0 Å². The number of nitrogens with zero attached hydrogens (tertiary/aromatic N) is 1. The number of hydrazone groups is 1. The van der Waals surface area contributed by atoms with Gasteiger partial charge in [0.05, 0.1) is 6.21 Å². The van der Waals surface area contributed by atoms with E-state index in [-0.39, 0.29) is 0 Å². The summed E-state index contributed by atoms with van der Waals surface area (Å²) in [5, 5.41) is 15.2. The molecule has 0 fully saturated rings. The molecule has 2 N–H and O–H groups in total. The van der Waals surface area contributed by atoms with Crippen molar-refractivity contribution in [3.63, 3.8) is 0 Å². The topological polar surface area (TPSA) is 61.7 Å². The lowest BCUT2D eigenvalue weighted by Crippen LogP contribution is -2.43. The second-order valence-corrected chi connectivity index (χ2v) is 5.55. The second-order valence-electron chi connectivity index (χ2n) is 5.55. The zero-order valence-corrected chi connectivity index (χ0v) is 13.5. The number of amides is 1. The molecule has 0 aliphatic carbocycles. The summed E-state index contributed by atoms with van der Waals surface area (Å²) >= 11 is 0. The molecule has 0 saturated heterocycles. The molecule has 25 heavy (non-hydrogen) atoms. The minimum absolute atomic E-state index is 0.480. The predicted octanol–water partition coefficient (Wildman–Crippen LogP) is 3.07. The van der Waals surface area contributed by atoms with Gasteiger partial charge in [0.1, 0.15) is 0 Å². The van der Waals surface area contributed by atoms with E-state index < -0.39 is 11.5 Å². The van der Waals surface area contributed by atoms with Crippen LogP contribution in [0.25, 0.3) is 0 Å². The molecule has 0 aliphatic heterocycles. The Morgan fingerprint density at radius 1 is 0.800 bits per heavy atom. The van der Waals surface area contributed by atoms with Crippen molar-refractivity contribution in [2.45, 2.75) is 5.60 Å².